The van der Waals surface area contributed by atoms with E-state index in [1.54, 1.807) is 11.3 Å². The van der Waals surface area contributed by atoms with Gasteiger partial charge in [0, 0.05) is 23.1 Å². The lowest BCUT2D eigenvalue weighted by molar-refractivity contribution is -0.153. The topological polar surface area (TPSA) is 74.7 Å². The second kappa shape index (κ2) is 16.1. The van der Waals surface area contributed by atoms with E-state index >= 15 is 0 Å². The van der Waals surface area contributed by atoms with Crippen molar-refractivity contribution in [1.82, 2.24) is 4.98 Å². The fraction of sp³-hybridized carbons (Fsp3) is 0.763. The van der Waals surface area contributed by atoms with Crippen molar-refractivity contribution in [2.75, 3.05) is 0 Å². The van der Waals surface area contributed by atoms with Crippen LogP contribution in [0, 0.1) is 24.2 Å². The van der Waals surface area contributed by atoms with Gasteiger partial charge in [0.1, 0.15) is 11.9 Å². The second-order valence-electron chi connectivity index (χ2n) is 17.6. The number of Topliss-reactive ketones (excluding diaryl/α,β-unsaturated/α-hetero) is 1. The SMILES string of the molecule is CC(=Cc1csc(C)n1)[C@@H]1CC=CCCC[C@H](C)C(O[Si](C)(C)C(C)(C)C)[C@@H](C)C(=O)C(C)(C)C(O[Si](C)(C)C(C)(C)C)CC(=O)O1. The van der Waals surface area contributed by atoms with Crippen LogP contribution < -0.4 is 0 Å². The van der Waals surface area contributed by atoms with Crippen molar-refractivity contribution in [3.63, 3.8) is 0 Å². The molecule has 6 nitrogen and oxygen atoms in total. The fourth-order valence-electron chi connectivity index (χ4n) is 5.62. The second-order valence-corrected chi connectivity index (χ2v) is 28.1. The van der Waals surface area contributed by atoms with Gasteiger partial charge >= 0.3 is 5.97 Å². The highest BCUT2D eigenvalue weighted by Gasteiger charge is 2.50. The number of ketones is 1. The minimum atomic E-state index is -2.38. The van der Waals surface area contributed by atoms with Gasteiger partial charge in [-0.2, -0.15) is 0 Å². The van der Waals surface area contributed by atoms with E-state index in [1.807, 2.05) is 46.1 Å². The normalized spacial score (nSPS) is 26.7. The Bertz CT molecular complexity index is 1270. The monoisotopic (exact) mass is 705 g/mol. The molecular formula is C38H67NO5SSi2. The largest absolute Gasteiger partial charge is 0.457 e. The quantitative estimate of drug-likeness (QED) is 0.167. The van der Waals surface area contributed by atoms with Gasteiger partial charge in [-0.25, -0.2) is 4.98 Å². The Balaban J connectivity index is 2.62. The number of nitrogens with zero attached hydrogens (tertiary/aromatic N) is 1. The van der Waals surface area contributed by atoms with E-state index in [0.29, 0.717) is 6.42 Å². The first-order valence-corrected chi connectivity index (χ1v) is 24.3. The third-order valence-corrected chi connectivity index (χ3v) is 20.8. The van der Waals surface area contributed by atoms with Crippen LogP contribution in [0.25, 0.3) is 6.08 Å². The zero-order valence-corrected chi connectivity index (χ0v) is 35.4. The Hall–Kier alpha value is -1.40. The molecule has 0 amide bonds. The average molecular weight is 706 g/mol. The highest BCUT2D eigenvalue weighted by molar-refractivity contribution is 7.09. The van der Waals surface area contributed by atoms with E-state index in [2.05, 4.69) is 91.8 Å². The maximum Gasteiger partial charge on any atom is 0.309 e. The lowest BCUT2D eigenvalue weighted by atomic mass is 9.73. The minimum absolute atomic E-state index is 0.00455. The fourth-order valence-corrected chi connectivity index (χ4v) is 9.10. The molecule has 2 heterocycles. The molecule has 0 radical (unpaired) electrons. The van der Waals surface area contributed by atoms with E-state index in [0.717, 1.165) is 35.5 Å². The van der Waals surface area contributed by atoms with Crippen molar-refractivity contribution >= 4 is 45.8 Å². The van der Waals surface area contributed by atoms with E-state index < -0.39 is 34.3 Å². The summed E-state index contributed by atoms with van der Waals surface area (Å²) >= 11 is 1.60. The van der Waals surface area contributed by atoms with Crippen LogP contribution in [0.3, 0.4) is 0 Å². The summed E-state index contributed by atoms with van der Waals surface area (Å²) in [6, 6.07) is 0. The van der Waals surface area contributed by atoms with Crippen LogP contribution in [0.2, 0.25) is 36.3 Å². The predicted molar refractivity (Wildman–Crippen MR) is 204 cm³/mol. The van der Waals surface area contributed by atoms with E-state index in [1.165, 1.54) is 0 Å². The van der Waals surface area contributed by atoms with Crippen molar-refractivity contribution in [3.05, 3.63) is 33.8 Å². The van der Waals surface area contributed by atoms with Crippen LogP contribution in [0.4, 0.5) is 0 Å². The lowest BCUT2D eigenvalue weighted by Crippen LogP contribution is -2.54. The Kier molecular flexibility index (Phi) is 14.3. The van der Waals surface area contributed by atoms with Gasteiger partial charge in [0.05, 0.1) is 29.3 Å². The maximum atomic E-state index is 14.8. The molecule has 0 saturated heterocycles. The predicted octanol–water partition coefficient (Wildman–Crippen LogP) is 10.9. The van der Waals surface area contributed by atoms with Crippen LogP contribution in [-0.4, -0.2) is 51.7 Å². The minimum Gasteiger partial charge on any atom is -0.457 e. The molecule has 0 N–H and O–H groups in total. The van der Waals surface area contributed by atoms with Crippen LogP contribution >= 0.6 is 11.3 Å². The molecule has 0 fully saturated rings. The van der Waals surface area contributed by atoms with Gasteiger partial charge in [-0.3, -0.25) is 9.59 Å². The Labute approximate surface area is 293 Å². The molecule has 2 rings (SSSR count). The number of carbonyl (C=O) groups excluding carboxylic acids is 2. The van der Waals surface area contributed by atoms with E-state index in [4.69, 9.17) is 13.6 Å². The van der Waals surface area contributed by atoms with Crippen LogP contribution in [-0.2, 0) is 23.2 Å². The summed E-state index contributed by atoms with van der Waals surface area (Å²) in [4.78, 5) is 33.3. The molecule has 0 saturated carbocycles. The standard InChI is InChI=1S/C38H67NO5SSi2/c1-26-21-19-17-18-20-22-31(27(2)23-30-25-45-29(4)39-30)42-33(40)24-32(43-46(13,14)36(5,6)7)38(11,12)35(41)28(3)34(26)44-47(15,16)37(8,9)10/h18,20,23,25-26,28,31-32,34H,17,19,21-22,24H2,1-16H3/t26-,28+,31-,32?,34?/m0/s1. The third-order valence-electron chi connectivity index (χ3n) is 11.1. The number of ether oxygens (including phenoxy) is 1. The van der Waals surface area contributed by atoms with E-state index in [9.17, 15) is 9.59 Å². The molecule has 0 spiro atoms. The first-order valence-electron chi connectivity index (χ1n) is 17.6. The summed E-state index contributed by atoms with van der Waals surface area (Å²) < 4.78 is 20.4. The third kappa shape index (κ3) is 11.3. The number of aryl methyl sites for hydroxylation is 1. The molecule has 2 unspecified atom stereocenters. The number of thiazole rings is 1. The molecule has 1 aliphatic heterocycles. The number of cyclic esters (lactones) is 1. The zero-order chi connectivity index (χ0) is 36.2. The summed E-state index contributed by atoms with van der Waals surface area (Å²) in [5.41, 5.74) is 0.873. The molecule has 5 atom stereocenters. The van der Waals surface area contributed by atoms with Gasteiger partial charge in [-0.05, 0) is 86.9 Å². The number of allylic oxidation sites excluding steroid dienone is 1. The molecule has 0 aliphatic carbocycles. The number of aromatic nitrogens is 1. The molecular weight excluding hydrogens is 639 g/mol. The lowest BCUT2D eigenvalue weighted by Gasteiger charge is -2.46. The first kappa shape index (κ1) is 41.8. The average Bonchev–Trinajstić information content (AvgIpc) is 3.33. The molecule has 1 aromatic rings. The number of carbonyl (C=O) groups is 2. The van der Waals surface area contributed by atoms with Gasteiger partial charge in [-0.1, -0.05) is 81.4 Å². The summed E-state index contributed by atoms with van der Waals surface area (Å²) in [7, 11) is -4.57. The van der Waals surface area contributed by atoms with Crippen molar-refractivity contribution < 1.29 is 23.2 Å². The number of hydrogen-bond acceptors (Lipinski definition) is 7. The molecule has 1 aromatic heterocycles. The molecule has 268 valence electrons. The van der Waals surface area contributed by atoms with Crippen LogP contribution in [0.5, 0.6) is 0 Å². The molecule has 9 heteroatoms. The molecule has 1 aliphatic rings. The van der Waals surface area contributed by atoms with Crippen molar-refractivity contribution in [3.8, 4) is 0 Å². The van der Waals surface area contributed by atoms with Gasteiger partial charge in [0.2, 0.25) is 0 Å². The van der Waals surface area contributed by atoms with Gasteiger partial charge in [0.25, 0.3) is 0 Å². The molecule has 47 heavy (non-hydrogen) atoms. The van der Waals surface area contributed by atoms with Gasteiger partial charge in [0.15, 0.2) is 16.6 Å². The molecule has 0 bridgehead atoms. The van der Waals surface area contributed by atoms with E-state index in [-0.39, 0.29) is 46.2 Å². The number of esters is 1. The summed E-state index contributed by atoms with van der Waals surface area (Å²) in [5.74, 6) is -0.427. The summed E-state index contributed by atoms with van der Waals surface area (Å²) in [6.45, 7) is 34.4. The first-order chi connectivity index (χ1) is 21.3. The van der Waals surface area contributed by atoms with Crippen molar-refractivity contribution in [2.24, 2.45) is 17.3 Å². The number of hydrogen-bond donors (Lipinski definition) is 0. The van der Waals surface area contributed by atoms with Crippen molar-refractivity contribution in [2.45, 2.75) is 170 Å². The van der Waals surface area contributed by atoms with Gasteiger partial charge < -0.3 is 13.6 Å². The summed E-state index contributed by atoms with van der Waals surface area (Å²) in [5, 5.41) is 2.94. The Morgan fingerprint density at radius 2 is 1.57 bits per heavy atom. The Morgan fingerprint density at radius 1 is 1.00 bits per heavy atom. The highest BCUT2D eigenvalue weighted by Crippen LogP contribution is 2.44. The van der Waals surface area contributed by atoms with Crippen LogP contribution in [0.1, 0.15) is 119 Å². The molecule has 0 aromatic carbocycles. The smallest absolute Gasteiger partial charge is 0.309 e. The van der Waals surface area contributed by atoms with Crippen molar-refractivity contribution in [1.29, 1.82) is 0 Å². The zero-order valence-electron chi connectivity index (χ0n) is 32.6. The maximum absolute atomic E-state index is 14.8. The van der Waals surface area contributed by atoms with Crippen LogP contribution in [0.15, 0.2) is 23.1 Å². The van der Waals surface area contributed by atoms with Gasteiger partial charge in [-0.15, -0.1) is 11.3 Å². The number of rotatable bonds is 6. The Morgan fingerprint density at radius 3 is 2.11 bits per heavy atom. The summed E-state index contributed by atoms with van der Waals surface area (Å²) in [6.07, 6.45) is 8.53. The highest BCUT2D eigenvalue weighted by atomic mass is 32.1.